The van der Waals surface area contributed by atoms with Gasteiger partial charge in [-0.05, 0) is 45.6 Å². The van der Waals surface area contributed by atoms with Gasteiger partial charge in [-0.15, -0.1) is 0 Å². The van der Waals surface area contributed by atoms with Crippen molar-refractivity contribution in [2.45, 2.75) is 25.9 Å². The molecule has 0 heterocycles. The van der Waals surface area contributed by atoms with Gasteiger partial charge in [-0.2, -0.15) is 0 Å². The van der Waals surface area contributed by atoms with Crippen molar-refractivity contribution in [3.05, 3.63) is 35.4 Å². The van der Waals surface area contributed by atoms with E-state index in [2.05, 4.69) is 38.2 Å². The summed E-state index contributed by atoms with van der Waals surface area (Å²) in [6.07, 6.45) is 0. The number of rotatable bonds is 6. The molecule has 0 saturated carbocycles. The maximum atomic E-state index is 10.7. The summed E-state index contributed by atoms with van der Waals surface area (Å²) in [4.78, 5) is 12.9. The highest BCUT2D eigenvalue weighted by atomic mass is 16.4. The molecule has 1 aromatic carbocycles. The van der Waals surface area contributed by atoms with Crippen LogP contribution in [0, 0.1) is 0 Å². The highest BCUT2D eigenvalue weighted by Crippen LogP contribution is 2.09. The Balaban J connectivity index is 2.47. The summed E-state index contributed by atoms with van der Waals surface area (Å²) in [6, 6.07) is 6.96. The Labute approximate surface area is 109 Å². The zero-order chi connectivity index (χ0) is 13.8. The smallest absolute Gasteiger partial charge is 0.335 e. The quantitative estimate of drug-likeness (QED) is 0.808. The number of carbonyl (C=O) groups is 1. The lowest BCUT2D eigenvalue weighted by Crippen LogP contribution is -2.46. The second-order valence-corrected chi connectivity index (χ2v) is 5.31. The molecular weight excluding hydrogens is 228 g/mol. The summed E-state index contributed by atoms with van der Waals surface area (Å²) in [5.74, 6) is -0.886. The number of carboxylic acids is 1. The van der Waals surface area contributed by atoms with Gasteiger partial charge in [0, 0.05) is 18.6 Å². The first-order chi connectivity index (χ1) is 8.33. The van der Waals surface area contributed by atoms with Crippen LogP contribution in [-0.4, -0.2) is 42.2 Å². The third-order valence-electron chi connectivity index (χ3n) is 3.30. The topological polar surface area (TPSA) is 52.6 Å². The van der Waals surface area contributed by atoms with Gasteiger partial charge in [0.1, 0.15) is 0 Å². The van der Waals surface area contributed by atoms with Crippen molar-refractivity contribution in [2.24, 2.45) is 0 Å². The molecule has 0 aliphatic carbocycles. The molecule has 0 spiro atoms. The van der Waals surface area contributed by atoms with E-state index in [-0.39, 0.29) is 5.54 Å². The van der Waals surface area contributed by atoms with E-state index in [4.69, 9.17) is 5.11 Å². The lowest BCUT2D eigenvalue weighted by Gasteiger charge is -2.32. The van der Waals surface area contributed by atoms with Gasteiger partial charge in [0.05, 0.1) is 5.56 Å². The largest absolute Gasteiger partial charge is 0.478 e. The predicted molar refractivity (Wildman–Crippen MR) is 72.9 cm³/mol. The average molecular weight is 250 g/mol. The van der Waals surface area contributed by atoms with E-state index in [9.17, 15) is 4.79 Å². The van der Waals surface area contributed by atoms with Crippen molar-refractivity contribution < 1.29 is 9.90 Å². The first-order valence-corrected chi connectivity index (χ1v) is 6.03. The lowest BCUT2D eigenvalue weighted by atomic mass is 10.0. The van der Waals surface area contributed by atoms with E-state index in [1.54, 1.807) is 12.1 Å². The second kappa shape index (κ2) is 5.98. The third-order valence-corrected chi connectivity index (χ3v) is 3.30. The number of nitrogens with zero attached hydrogens (tertiary/aromatic N) is 1. The maximum absolute atomic E-state index is 10.7. The molecule has 4 heteroatoms. The van der Waals surface area contributed by atoms with Crippen LogP contribution in [0.25, 0.3) is 0 Å². The molecule has 2 N–H and O–H groups in total. The van der Waals surface area contributed by atoms with E-state index in [1.807, 2.05) is 12.1 Å². The molecule has 0 fully saturated rings. The number of likely N-dealkylation sites (N-methyl/N-ethyl adjacent to an activating group) is 1. The SMILES string of the molecule is CN(C)C(C)(C)CNCc1ccc(C(=O)O)cc1. The van der Waals surface area contributed by atoms with Crippen molar-refractivity contribution in [1.82, 2.24) is 10.2 Å². The Hall–Kier alpha value is -1.39. The zero-order valence-corrected chi connectivity index (χ0v) is 11.5. The minimum Gasteiger partial charge on any atom is -0.478 e. The molecule has 0 aromatic heterocycles. The van der Waals surface area contributed by atoms with Gasteiger partial charge in [-0.1, -0.05) is 12.1 Å². The molecule has 0 atom stereocenters. The first kappa shape index (κ1) is 14.7. The number of hydrogen-bond donors (Lipinski definition) is 2. The summed E-state index contributed by atoms with van der Waals surface area (Å²) >= 11 is 0. The fourth-order valence-corrected chi connectivity index (χ4v) is 1.44. The zero-order valence-electron chi connectivity index (χ0n) is 11.5. The third kappa shape index (κ3) is 4.13. The molecule has 0 aliphatic rings. The highest BCUT2D eigenvalue weighted by molar-refractivity contribution is 5.87. The van der Waals surface area contributed by atoms with E-state index < -0.39 is 5.97 Å². The summed E-state index contributed by atoms with van der Waals surface area (Å²) < 4.78 is 0. The standard InChI is InChI=1S/C14H22N2O2/c1-14(2,16(3)4)10-15-9-11-5-7-12(8-6-11)13(17)18/h5-8,15H,9-10H2,1-4H3,(H,17,18). The predicted octanol–water partition coefficient (Wildman–Crippen LogP) is 1.81. The molecule has 0 aliphatic heterocycles. The van der Waals surface area contributed by atoms with E-state index in [1.165, 1.54) is 0 Å². The first-order valence-electron chi connectivity index (χ1n) is 6.03. The van der Waals surface area contributed by atoms with E-state index in [0.29, 0.717) is 5.56 Å². The summed E-state index contributed by atoms with van der Waals surface area (Å²) in [6.45, 7) is 5.97. The van der Waals surface area contributed by atoms with Crippen LogP contribution in [0.3, 0.4) is 0 Å². The molecule has 1 rings (SSSR count). The molecule has 0 amide bonds. The molecule has 4 nitrogen and oxygen atoms in total. The number of nitrogens with one attached hydrogen (secondary N) is 1. The minimum atomic E-state index is -0.886. The minimum absolute atomic E-state index is 0.0982. The lowest BCUT2D eigenvalue weighted by molar-refractivity contribution is 0.0697. The van der Waals surface area contributed by atoms with Gasteiger partial charge in [-0.25, -0.2) is 4.79 Å². The molecular formula is C14H22N2O2. The Morgan fingerprint density at radius 1 is 1.28 bits per heavy atom. The monoisotopic (exact) mass is 250 g/mol. The van der Waals surface area contributed by atoms with Gasteiger partial charge < -0.3 is 15.3 Å². The fourth-order valence-electron chi connectivity index (χ4n) is 1.44. The normalized spacial score (nSPS) is 11.8. The van der Waals surface area contributed by atoms with Crippen molar-refractivity contribution in [2.75, 3.05) is 20.6 Å². The Kier molecular flexibility index (Phi) is 4.87. The maximum Gasteiger partial charge on any atom is 0.335 e. The second-order valence-electron chi connectivity index (χ2n) is 5.31. The van der Waals surface area contributed by atoms with Gasteiger partial charge in [0.15, 0.2) is 0 Å². The molecule has 0 bridgehead atoms. The van der Waals surface area contributed by atoms with Gasteiger partial charge in [-0.3, -0.25) is 0 Å². The molecule has 100 valence electrons. The van der Waals surface area contributed by atoms with Crippen LogP contribution >= 0.6 is 0 Å². The summed E-state index contributed by atoms with van der Waals surface area (Å²) in [5.41, 5.74) is 1.52. The number of benzene rings is 1. The Morgan fingerprint density at radius 2 is 1.83 bits per heavy atom. The fraction of sp³-hybridized carbons (Fsp3) is 0.500. The number of carboxylic acid groups (broad SMARTS) is 1. The van der Waals surface area contributed by atoms with Crippen LogP contribution in [0.1, 0.15) is 29.8 Å². The van der Waals surface area contributed by atoms with Crippen LogP contribution in [0.2, 0.25) is 0 Å². The highest BCUT2D eigenvalue weighted by Gasteiger charge is 2.19. The van der Waals surface area contributed by atoms with Crippen molar-refractivity contribution in [3.63, 3.8) is 0 Å². The number of hydrogen-bond acceptors (Lipinski definition) is 3. The van der Waals surface area contributed by atoms with Crippen LogP contribution in [0.15, 0.2) is 24.3 Å². The van der Waals surface area contributed by atoms with Gasteiger partial charge in [0.2, 0.25) is 0 Å². The van der Waals surface area contributed by atoms with Crippen molar-refractivity contribution in [3.8, 4) is 0 Å². The van der Waals surface area contributed by atoms with Crippen LogP contribution in [0.4, 0.5) is 0 Å². The van der Waals surface area contributed by atoms with Crippen LogP contribution < -0.4 is 5.32 Å². The molecule has 0 radical (unpaired) electrons. The summed E-state index contributed by atoms with van der Waals surface area (Å²) in [7, 11) is 4.12. The summed E-state index contributed by atoms with van der Waals surface area (Å²) in [5, 5.41) is 12.2. The average Bonchev–Trinajstić information content (AvgIpc) is 2.29. The van der Waals surface area contributed by atoms with Crippen molar-refractivity contribution >= 4 is 5.97 Å². The van der Waals surface area contributed by atoms with E-state index >= 15 is 0 Å². The molecule has 1 aromatic rings. The molecule has 0 unspecified atom stereocenters. The van der Waals surface area contributed by atoms with Crippen molar-refractivity contribution in [1.29, 1.82) is 0 Å². The van der Waals surface area contributed by atoms with Gasteiger partial charge in [0.25, 0.3) is 0 Å². The Morgan fingerprint density at radius 3 is 2.28 bits per heavy atom. The van der Waals surface area contributed by atoms with E-state index in [0.717, 1.165) is 18.7 Å². The molecule has 0 saturated heterocycles. The number of aromatic carboxylic acids is 1. The van der Waals surface area contributed by atoms with Gasteiger partial charge >= 0.3 is 5.97 Å². The Bertz CT molecular complexity index is 397. The van der Waals surface area contributed by atoms with Crippen LogP contribution in [0.5, 0.6) is 0 Å². The van der Waals surface area contributed by atoms with Crippen LogP contribution in [-0.2, 0) is 6.54 Å². The molecule has 18 heavy (non-hydrogen) atoms.